The summed E-state index contributed by atoms with van der Waals surface area (Å²) in [5, 5.41) is 11.7. The fourth-order valence-electron chi connectivity index (χ4n) is 4.61. The van der Waals surface area contributed by atoms with Crippen LogP contribution in [0.2, 0.25) is 0 Å². The molecule has 182 valence electrons. The first-order valence-corrected chi connectivity index (χ1v) is 11.4. The number of Topliss-reactive ketones (excluding diaryl/α,β-unsaturated/α-hetero) is 1. The molecule has 1 N–H and O–H groups in total. The van der Waals surface area contributed by atoms with Crippen molar-refractivity contribution in [3.8, 4) is 11.5 Å². The van der Waals surface area contributed by atoms with Gasteiger partial charge in [-0.25, -0.2) is 0 Å². The van der Waals surface area contributed by atoms with Crippen molar-refractivity contribution in [1.82, 2.24) is 0 Å². The van der Waals surface area contributed by atoms with E-state index in [1.54, 1.807) is 54.6 Å². The second-order valence-electron chi connectivity index (χ2n) is 8.67. The molecule has 1 atom stereocenters. The van der Waals surface area contributed by atoms with Crippen LogP contribution in [0.3, 0.4) is 0 Å². The van der Waals surface area contributed by atoms with Gasteiger partial charge in [-0.1, -0.05) is 36.4 Å². The normalized spacial score (nSPS) is 15.6. The highest BCUT2D eigenvalue weighted by Gasteiger charge is 2.46. The van der Waals surface area contributed by atoms with E-state index in [-0.39, 0.29) is 11.3 Å². The van der Waals surface area contributed by atoms with Gasteiger partial charge in [0.1, 0.15) is 5.75 Å². The van der Waals surface area contributed by atoms with Crippen LogP contribution in [0.25, 0.3) is 11.0 Å². The monoisotopic (exact) mass is 483 g/mol. The number of hydrogen-bond acceptors (Lipinski definition) is 6. The Kier molecular flexibility index (Phi) is 5.76. The van der Waals surface area contributed by atoms with Crippen molar-refractivity contribution in [1.29, 1.82) is 0 Å². The SMILES string of the molecule is COc1ccccc1C1C(C(=O)c2cc3cccc(OC)c3o2)=C(O)C(=O)N1c1ccc(C)c(C)c1. The Bertz CT molecular complexity index is 1550. The number of para-hydroxylation sites is 2. The third kappa shape index (κ3) is 3.60. The van der Waals surface area contributed by atoms with Crippen molar-refractivity contribution in [2.24, 2.45) is 0 Å². The van der Waals surface area contributed by atoms with Crippen LogP contribution in [0.4, 0.5) is 5.69 Å². The summed E-state index contributed by atoms with van der Waals surface area (Å²) in [6, 6.07) is 18.7. The molecule has 1 unspecified atom stereocenters. The molecule has 7 nitrogen and oxygen atoms in total. The summed E-state index contributed by atoms with van der Waals surface area (Å²) in [4.78, 5) is 28.8. The molecule has 2 heterocycles. The highest BCUT2D eigenvalue weighted by atomic mass is 16.5. The van der Waals surface area contributed by atoms with Gasteiger partial charge in [0, 0.05) is 16.6 Å². The van der Waals surface area contributed by atoms with Gasteiger partial charge >= 0.3 is 0 Å². The number of aliphatic hydroxyl groups is 1. The number of aliphatic hydroxyl groups excluding tert-OH is 1. The fourth-order valence-corrected chi connectivity index (χ4v) is 4.61. The molecule has 0 spiro atoms. The first kappa shape index (κ1) is 23.2. The van der Waals surface area contributed by atoms with E-state index in [9.17, 15) is 14.7 Å². The van der Waals surface area contributed by atoms with Crippen molar-refractivity contribution < 1.29 is 28.6 Å². The highest BCUT2D eigenvalue weighted by molar-refractivity contribution is 6.21. The number of carbonyl (C=O) groups excluding carboxylic acids is 2. The Morgan fingerprint density at radius 2 is 1.64 bits per heavy atom. The minimum Gasteiger partial charge on any atom is -0.503 e. The van der Waals surface area contributed by atoms with E-state index in [0.29, 0.717) is 33.7 Å². The third-order valence-corrected chi connectivity index (χ3v) is 6.61. The standard InChI is InChI=1S/C29H25NO6/c1-16-12-13-19(14-17(16)2)30-25(20-9-5-6-10-21(20)34-3)24(27(32)29(30)33)26(31)23-15-18-8-7-11-22(35-4)28(18)36-23/h5-15,25,32H,1-4H3. The van der Waals surface area contributed by atoms with Gasteiger partial charge in [-0.15, -0.1) is 0 Å². The van der Waals surface area contributed by atoms with E-state index in [1.165, 1.54) is 19.1 Å². The maximum absolute atomic E-state index is 13.9. The lowest BCUT2D eigenvalue weighted by Crippen LogP contribution is -2.31. The molecule has 36 heavy (non-hydrogen) atoms. The maximum atomic E-state index is 13.9. The van der Waals surface area contributed by atoms with Crippen LogP contribution in [-0.4, -0.2) is 31.0 Å². The zero-order valence-corrected chi connectivity index (χ0v) is 20.4. The number of nitrogens with zero attached hydrogens (tertiary/aromatic N) is 1. The van der Waals surface area contributed by atoms with Crippen LogP contribution in [0.15, 0.2) is 82.5 Å². The lowest BCUT2D eigenvalue weighted by atomic mass is 9.94. The minimum atomic E-state index is -0.932. The topological polar surface area (TPSA) is 89.2 Å². The van der Waals surface area contributed by atoms with Crippen LogP contribution in [0, 0.1) is 13.8 Å². The summed E-state index contributed by atoms with van der Waals surface area (Å²) < 4.78 is 16.8. The highest BCUT2D eigenvalue weighted by Crippen LogP contribution is 2.45. The molecule has 5 rings (SSSR count). The van der Waals surface area contributed by atoms with Gasteiger partial charge in [0.2, 0.25) is 5.78 Å². The Morgan fingerprint density at radius 1 is 0.917 bits per heavy atom. The van der Waals surface area contributed by atoms with E-state index in [2.05, 4.69) is 0 Å². The van der Waals surface area contributed by atoms with Crippen molar-refractivity contribution in [3.05, 3.63) is 101 Å². The Hall–Kier alpha value is -4.52. The molecule has 1 aliphatic heterocycles. The average Bonchev–Trinajstić information content (AvgIpc) is 3.44. The second-order valence-corrected chi connectivity index (χ2v) is 8.67. The van der Waals surface area contributed by atoms with E-state index in [0.717, 1.165) is 11.1 Å². The zero-order chi connectivity index (χ0) is 25.6. The molecular weight excluding hydrogens is 458 g/mol. The molecule has 4 aromatic rings. The maximum Gasteiger partial charge on any atom is 0.294 e. The Morgan fingerprint density at radius 3 is 2.36 bits per heavy atom. The van der Waals surface area contributed by atoms with Crippen LogP contribution >= 0.6 is 0 Å². The number of amides is 1. The second kappa shape index (κ2) is 8.92. The van der Waals surface area contributed by atoms with Gasteiger partial charge in [-0.3, -0.25) is 14.5 Å². The molecule has 1 amide bonds. The quantitative estimate of drug-likeness (QED) is 0.346. The number of methoxy groups -OCH3 is 2. The number of rotatable bonds is 6. The number of hydrogen-bond donors (Lipinski definition) is 1. The van der Waals surface area contributed by atoms with Crippen LogP contribution in [0.5, 0.6) is 11.5 Å². The summed E-state index contributed by atoms with van der Waals surface area (Å²) >= 11 is 0. The lowest BCUT2D eigenvalue weighted by molar-refractivity contribution is -0.117. The van der Waals surface area contributed by atoms with Crippen molar-refractivity contribution >= 4 is 28.3 Å². The Balaban J connectivity index is 1.70. The third-order valence-electron chi connectivity index (χ3n) is 6.61. The molecule has 0 aliphatic carbocycles. The van der Waals surface area contributed by atoms with Gasteiger partial charge in [-0.2, -0.15) is 0 Å². The first-order valence-electron chi connectivity index (χ1n) is 11.4. The van der Waals surface area contributed by atoms with Crippen LogP contribution in [0.1, 0.15) is 33.3 Å². The predicted molar refractivity (Wildman–Crippen MR) is 136 cm³/mol. The van der Waals surface area contributed by atoms with Gasteiger partial charge in [0.25, 0.3) is 5.91 Å². The molecule has 0 saturated heterocycles. The summed E-state index contributed by atoms with van der Waals surface area (Å²) in [6.07, 6.45) is 0. The lowest BCUT2D eigenvalue weighted by Gasteiger charge is -2.28. The largest absolute Gasteiger partial charge is 0.503 e. The van der Waals surface area contributed by atoms with Crippen LogP contribution in [-0.2, 0) is 4.79 Å². The van der Waals surface area contributed by atoms with E-state index in [1.807, 2.05) is 26.0 Å². The van der Waals surface area contributed by atoms with E-state index < -0.39 is 23.5 Å². The summed E-state index contributed by atoms with van der Waals surface area (Å²) in [6.45, 7) is 3.92. The number of carbonyl (C=O) groups is 2. The van der Waals surface area contributed by atoms with E-state index in [4.69, 9.17) is 13.9 Å². The number of anilines is 1. The summed E-state index contributed by atoms with van der Waals surface area (Å²) in [5.74, 6) is -0.944. The number of ketones is 1. The molecule has 7 heteroatoms. The van der Waals surface area contributed by atoms with E-state index >= 15 is 0 Å². The minimum absolute atomic E-state index is 0.00863. The van der Waals surface area contributed by atoms with Gasteiger partial charge < -0.3 is 19.0 Å². The number of benzene rings is 3. The fraction of sp³-hybridized carbons (Fsp3) is 0.172. The zero-order valence-electron chi connectivity index (χ0n) is 20.4. The van der Waals surface area contributed by atoms with Gasteiger partial charge in [0.15, 0.2) is 22.9 Å². The molecule has 0 fully saturated rings. The molecule has 0 radical (unpaired) electrons. The molecule has 1 aromatic heterocycles. The van der Waals surface area contributed by atoms with Crippen molar-refractivity contribution in [2.75, 3.05) is 19.1 Å². The number of furan rings is 1. The van der Waals surface area contributed by atoms with Gasteiger partial charge in [-0.05, 0) is 55.3 Å². The molecule has 3 aromatic carbocycles. The predicted octanol–water partition coefficient (Wildman–Crippen LogP) is 5.85. The average molecular weight is 484 g/mol. The number of aryl methyl sites for hydroxylation is 2. The smallest absolute Gasteiger partial charge is 0.294 e. The molecule has 1 aliphatic rings. The summed E-state index contributed by atoms with van der Waals surface area (Å²) in [5.41, 5.74) is 3.48. The number of ether oxygens (including phenoxy) is 2. The molecular formula is C29H25NO6. The number of fused-ring (bicyclic) bond motifs is 1. The Labute approximate surface area is 208 Å². The molecule has 0 bridgehead atoms. The van der Waals surface area contributed by atoms with Crippen molar-refractivity contribution in [2.45, 2.75) is 19.9 Å². The summed E-state index contributed by atoms with van der Waals surface area (Å²) in [7, 11) is 3.04. The molecule has 0 saturated carbocycles. The first-order chi connectivity index (χ1) is 17.3. The van der Waals surface area contributed by atoms with Crippen LogP contribution < -0.4 is 14.4 Å². The van der Waals surface area contributed by atoms with Crippen molar-refractivity contribution in [3.63, 3.8) is 0 Å². The van der Waals surface area contributed by atoms with Gasteiger partial charge in [0.05, 0.1) is 25.8 Å².